The molecule has 2 heterocycles. The minimum absolute atomic E-state index is 0.0457. The smallest absolute Gasteiger partial charge is 0.237 e. The van der Waals surface area contributed by atoms with E-state index < -0.39 is 0 Å². The largest absolute Gasteiger partial charge is 0.341 e. The van der Waals surface area contributed by atoms with Gasteiger partial charge in [0.05, 0.1) is 6.04 Å². The second kappa shape index (κ2) is 6.10. The molecule has 3 rings (SSSR count). The third kappa shape index (κ3) is 2.97. The number of hydrogen-bond acceptors (Lipinski definition) is 3. The predicted molar refractivity (Wildman–Crippen MR) is 80.7 cm³/mol. The molecule has 5 heteroatoms. The lowest BCUT2D eigenvalue weighted by atomic mass is 10.1. The molecular formula is C16H20N4O. The number of amides is 1. The van der Waals surface area contributed by atoms with Crippen molar-refractivity contribution in [3.05, 3.63) is 54.1 Å². The lowest BCUT2D eigenvalue weighted by Crippen LogP contribution is -2.42. The Morgan fingerprint density at radius 2 is 2.24 bits per heavy atom. The van der Waals surface area contributed by atoms with E-state index in [9.17, 15) is 4.79 Å². The highest BCUT2D eigenvalue weighted by molar-refractivity contribution is 5.82. The third-order valence-corrected chi connectivity index (χ3v) is 3.91. The zero-order valence-corrected chi connectivity index (χ0v) is 12.1. The molecule has 1 saturated heterocycles. The van der Waals surface area contributed by atoms with E-state index in [1.165, 1.54) is 0 Å². The second-order valence-electron chi connectivity index (χ2n) is 5.40. The van der Waals surface area contributed by atoms with Crippen LogP contribution in [-0.4, -0.2) is 28.0 Å². The second-order valence-corrected chi connectivity index (χ2v) is 5.40. The molecule has 1 aliphatic rings. The molecule has 1 fully saturated rings. The predicted octanol–water partition coefficient (Wildman–Crippen LogP) is 1.38. The van der Waals surface area contributed by atoms with Crippen LogP contribution in [0.5, 0.6) is 0 Å². The highest BCUT2D eigenvalue weighted by Gasteiger charge is 2.27. The van der Waals surface area contributed by atoms with Crippen molar-refractivity contribution < 1.29 is 4.79 Å². The van der Waals surface area contributed by atoms with Gasteiger partial charge in [0, 0.05) is 19.4 Å². The number of carbonyl (C=O) groups is 1. The van der Waals surface area contributed by atoms with Crippen molar-refractivity contribution in [1.29, 1.82) is 0 Å². The summed E-state index contributed by atoms with van der Waals surface area (Å²) in [5.74, 6) is 0.886. The van der Waals surface area contributed by atoms with Gasteiger partial charge in [0.25, 0.3) is 0 Å². The number of carbonyl (C=O) groups excluding carboxylic acids is 1. The number of aromatic nitrogens is 2. The van der Waals surface area contributed by atoms with Gasteiger partial charge in [0.15, 0.2) is 0 Å². The van der Waals surface area contributed by atoms with Gasteiger partial charge >= 0.3 is 0 Å². The summed E-state index contributed by atoms with van der Waals surface area (Å²) >= 11 is 0. The maximum absolute atomic E-state index is 12.4. The van der Waals surface area contributed by atoms with Crippen molar-refractivity contribution in [2.75, 3.05) is 6.54 Å². The fourth-order valence-electron chi connectivity index (χ4n) is 2.75. The number of nitrogens with zero attached hydrogens (tertiary/aromatic N) is 2. The average Bonchev–Trinajstić information content (AvgIpc) is 3.17. The number of aryl methyl sites for hydroxylation is 1. The van der Waals surface area contributed by atoms with Gasteiger partial charge in [-0.15, -0.1) is 0 Å². The van der Waals surface area contributed by atoms with E-state index in [1.54, 1.807) is 6.20 Å². The van der Waals surface area contributed by atoms with Gasteiger partial charge in [0.2, 0.25) is 5.91 Å². The van der Waals surface area contributed by atoms with Gasteiger partial charge in [-0.05, 0) is 24.9 Å². The quantitative estimate of drug-likeness (QED) is 0.891. The first kappa shape index (κ1) is 13.8. The molecule has 0 radical (unpaired) electrons. The molecule has 110 valence electrons. The van der Waals surface area contributed by atoms with E-state index >= 15 is 0 Å². The van der Waals surface area contributed by atoms with Crippen LogP contribution >= 0.6 is 0 Å². The molecule has 5 nitrogen and oxygen atoms in total. The van der Waals surface area contributed by atoms with Gasteiger partial charge in [-0.2, -0.15) is 0 Å². The number of hydrogen-bond donors (Lipinski definition) is 2. The Hall–Kier alpha value is -2.14. The molecule has 2 atom stereocenters. The third-order valence-electron chi connectivity index (χ3n) is 3.91. The molecule has 0 spiro atoms. The molecule has 1 unspecified atom stereocenters. The van der Waals surface area contributed by atoms with Crippen molar-refractivity contribution >= 4 is 5.91 Å². The Morgan fingerprint density at radius 1 is 1.43 bits per heavy atom. The zero-order valence-electron chi connectivity index (χ0n) is 12.1. The van der Waals surface area contributed by atoms with E-state index in [0.29, 0.717) is 0 Å². The first-order chi connectivity index (χ1) is 10.3. The Kier molecular flexibility index (Phi) is 4.01. The van der Waals surface area contributed by atoms with Crippen molar-refractivity contribution in [2.24, 2.45) is 7.05 Å². The van der Waals surface area contributed by atoms with Gasteiger partial charge in [-0.25, -0.2) is 4.98 Å². The highest BCUT2D eigenvalue weighted by atomic mass is 16.2. The molecule has 1 aromatic carbocycles. The van der Waals surface area contributed by atoms with E-state index in [1.807, 2.05) is 48.1 Å². The molecular weight excluding hydrogens is 264 g/mol. The van der Waals surface area contributed by atoms with Crippen LogP contribution < -0.4 is 10.6 Å². The van der Waals surface area contributed by atoms with E-state index in [-0.39, 0.29) is 18.0 Å². The topological polar surface area (TPSA) is 59.0 Å². The molecule has 0 bridgehead atoms. The van der Waals surface area contributed by atoms with Gasteiger partial charge in [0.1, 0.15) is 11.9 Å². The fraction of sp³-hybridized carbons (Fsp3) is 0.375. The molecule has 0 aliphatic carbocycles. The first-order valence-electron chi connectivity index (χ1n) is 7.31. The van der Waals surface area contributed by atoms with Crippen molar-refractivity contribution in [1.82, 2.24) is 20.2 Å². The van der Waals surface area contributed by atoms with Crippen molar-refractivity contribution in [3.63, 3.8) is 0 Å². The van der Waals surface area contributed by atoms with Gasteiger partial charge in [-0.1, -0.05) is 30.3 Å². The summed E-state index contributed by atoms with van der Waals surface area (Å²) < 4.78 is 1.94. The SMILES string of the molecule is Cn1ccnc1C(NC(=O)[C@@H]1CCCN1)c1ccccc1. The average molecular weight is 284 g/mol. The van der Waals surface area contributed by atoms with Crippen LogP contribution in [0, 0.1) is 0 Å². The van der Waals surface area contributed by atoms with Crippen LogP contribution in [0.3, 0.4) is 0 Å². The lowest BCUT2D eigenvalue weighted by Gasteiger charge is -2.21. The van der Waals surface area contributed by atoms with Crippen LogP contribution in [0.15, 0.2) is 42.7 Å². The van der Waals surface area contributed by atoms with E-state index in [0.717, 1.165) is 30.8 Å². The summed E-state index contributed by atoms with van der Waals surface area (Å²) in [6.45, 7) is 0.913. The van der Waals surface area contributed by atoms with Crippen LogP contribution in [0.2, 0.25) is 0 Å². The van der Waals surface area contributed by atoms with E-state index in [4.69, 9.17) is 0 Å². The number of nitrogens with one attached hydrogen (secondary N) is 2. The molecule has 0 saturated carbocycles. The highest BCUT2D eigenvalue weighted by Crippen LogP contribution is 2.20. The number of benzene rings is 1. The standard InChI is InChI=1S/C16H20N4O/c1-20-11-10-18-15(20)14(12-6-3-2-4-7-12)19-16(21)13-8-5-9-17-13/h2-4,6-7,10-11,13-14,17H,5,8-9H2,1H3,(H,19,21)/t13-,14?/m0/s1. The fourth-order valence-corrected chi connectivity index (χ4v) is 2.75. The van der Waals surface area contributed by atoms with Crippen LogP contribution in [0.1, 0.15) is 30.3 Å². The first-order valence-corrected chi connectivity index (χ1v) is 7.31. The van der Waals surface area contributed by atoms with Crippen molar-refractivity contribution in [2.45, 2.75) is 24.9 Å². The summed E-state index contributed by atoms with van der Waals surface area (Å²) in [5, 5.41) is 6.37. The summed E-state index contributed by atoms with van der Waals surface area (Å²) in [6, 6.07) is 9.65. The summed E-state index contributed by atoms with van der Waals surface area (Å²) in [4.78, 5) is 16.8. The van der Waals surface area contributed by atoms with Crippen LogP contribution in [-0.2, 0) is 11.8 Å². The summed E-state index contributed by atoms with van der Waals surface area (Å²) in [6.07, 6.45) is 5.60. The Morgan fingerprint density at radius 3 is 2.86 bits per heavy atom. The van der Waals surface area contributed by atoms with Gasteiger partial charge in [-0.3, -0.25) is 4.79 Å². The number of rotatable bonds is 4. The monoisotopic (exact) mass is 284 g/mol. The maximum atomic E-state index is 12.4. The van der Waals surface area contributed by atoms with Crippen LogP contribution in [0.4, 0.5) is 0 Å². The molecule has 2 aromatic rings. The summed E-state index contributed by atoms with van der Waals surface area (Å²) in [7, 11) is 1.94. The van der Waals surface area contributed by atoms with Crippen LogP contribution in [0.25, 0.3) is 0 Å². The Bertz CT molecular complexity index is 602. The van der Waals surface area contributed by atoms with Gasteiger partial charge < -0.3 is 15.2 Å². The zero-order chi connectivity index (χ0) is 14.7. The lowest BCUT2D eigenvalue weighted by molar-refractivity contribution is -0.123. The molecule has 21 heavy (non-hydrogen) atoms. The minimum Gasteiger partial charge on any atom is -0.341 e. The Labute approximate surface area is 124 Å². The summed E-state index contributed by atoms with van der Waals surface area (Å²) in [5.41, 5.74) is 1.04. The minimum atomic E-state index is -0.221. The molecule has 1 aliphatic heterocycles. The normalized spacial score (nSPS) is 19.4. The Balaban J connectivity index is 1.86. The number of imidazole rings is 1. The molecule has 2 N–H and O–H groups in total. The molecule has 1 aromatic heterocycles. The van der Waals surface area contributed by atoms with E-state index in [2.05, 4.69) is 15.6 Å². The molecule has 1 amide bonds. The van der Waals surface area contributed by atoms with Crippen molar-refractivity contribution in [3.8, 4) is 0 Å². The maximum Gasteiger partial charge on any atom is 0.237 e.